The van der Waals surface area contributed by atoms with Crippen LogP contribution in [0.1, 0.15) is 39.0 Å². The molecule has 2 nitrogen and oxygen atoms in total. The maximum absolute atomic E-state index is 12.5. The van der Waals surface area contributed by atoms with Gasteiger partial charge in [0, 0.05) is 11.1 Å². The van der Waals surface area contributed by atoms with Gasteiger partial charge in [0.05, 0.1) is 0 Å². The number of hydrogen-bond acceptors (Lipinski definition) is 2. The minimum absolute atomic E-state index is 0.125. The summed E-state index contributed by atoms with van der Waals surface area (Å²) in [4.78, 5) is 12.5. The van der Waals surface area contributed by atoms with E-state index in [2.05, 4.69) is 0 Å². The molecule has 1 aliphatic rings. The van der Waals surface area contributed by atoms with Crippen molar-refractivity contribution in [1.82, 2.24) is 0 Å². The Kier molecular flexibility index (Phi) is 3.38. The number of rotatable bonds is 1. The van der Waals surface area contributed by atoms with Gasteiger partial charge in [-0.25, -0.2) is 0 Å². The third-order valence-electron chi connectivity index (χ3n) is 4.07. The normalized spacial score (nSPS) is 16.1. The molecule has 2 aromatic rings. The van der Waals surface area contributed by atoms with Gasteiger partial charge in [-0.3, -0.25) is 4.79 Å². The van der Waals surface area contributed by atoms with Crippen molar-refractivity contribution in [3.05, 3.63) is 69.8 Å². The van der Waals surface area contributed by atoms with E-state index in [0.29, 0.717) is 5.75 Å². The zero-order valence-corrected chi connectivity index (χ0v) is 12.3. The fraction of sp³-hybridized carbons (Fsp3) is 0.211. The van der Waals surface area contributed by atoms with Crippen molar-refractivity contribution >= 4 is 11.9 Å². The lowest BCUT2D eigenvalue weighted by atomic mass is 9.86. The lowest BCUT2D eigenvalue weighted by Gasteiger charge is -2.17. The van der Waals surface area contributed by atoms with Gasteiger partial charge in [-0.15, -0.1) is 0 Å². The van der Waals surface area contributed by atoms with Crippen LogP contribution in [0.25, 0.3) is 6.08 Å². The number of fused-ring (bicyclic) bond motifs is 1. The molecule has 0 spiro atoms. The molecule has 0 aliphatic heterocycles. The van der Waals surface area contributed by atoms with Crippen molar-refractivity contribution in [3.8, 4) is 5.75 Å². The van der Waals surface area contributed by atoms with Gasteiger partial charge >= 0.3 is 0 Å². The summed E-state index contributed by atoms with van der Waals surface area (Å²) < 4.78 is 0. The van der Waals surface area contributed by atoms with Crippen LogP contribution in [-0.4, -0.2) is 10.9 Å². The van der Waals surface area contributed by atoms with Crippen LogP contribution in [0.5, 0.6) is 5.75 Å². The van der Waals surface area contributed by atoms with Crippen molar-refractivity contribution in [1.29, 1.82) is 0 Å². The van der Waals surface area contributed by atoms with Crippen molar-refractivity contribution in [2.45, 2.75) is 26.7 Å². The van der Waals surface area contributed by atoms with E-state index in [9.17, 15) is 9.90 Å². The SMILES string of the molecule is Cc1cc(/C=C2\CCc3ccccc3C2=O)cc(C)c1O. The van der Waals surface area contributed by atoms with Crippen LogP contribution in [0.2, 0.25) is 0 Å². The molecule has 21 heavy (non-hydrogen) atoms. The Morgan fingerprint density at radius 1 is 1.05 bits per heavy atom. The van der Waals surface area contributed by atoms with E-state index >= 15 is 0 Å². The average Bonchev–Trinajstić information content (AvgIpc) is 2.48. The van der Waals surface area contributed by atoms with Crippen LogP contribution >= 0.6 is 0 Å². The van der Waals surface area contributed by atoms with Crippen LogP contribution in [0.15, 0.2) is 42.0 Å². The van der Waals surface area contributed by atoms with E-state index < -0.39 is 0 Å². The third kappa shape index (κ3) is 2.49. The molecule has 0 amide bonds. The zero-order chi connectivity index (χ0) is 15.0. The second kappa shape index (κ2) is 5.21. The minimum Gasteiger partial charge on any atom is -0.507 e. The number of aromatic hydroxyl groups is 1. The Hall–Kier alpha value is -2.35. The highest BCUT2D eigenvalue weighted by Gasteiger charge is 2.21. The molecule has 1 aliphatic carbocycles. The lowest BCUT2D eigenvalue weighted by Crippen LogP contribution is -2.13. The zero-order valence-electron chi connectivity index (χ0n) is 12.3. The molecular weight excluding hydrogens is 260 g/mol. The summed E-state index contributed by atoms with van der Waals surface area (Å²) in [5.41, 5.74) is 5.46. The number of ketones is 1. The van der Waals surface area contributed by atoms with Crippen LogP contribution in [-0.2, 0) is 6.42 Å². The summed E-state index contributed by atoms with van der Waals surface area (Å²) in [6.45, 7) is 3.75. The van der Waals surface area contributed by atoms with E-state index in [4.69, 9.17) is 0 Å². The number of carbonyl (C=O) groups is 1. The molecule has 0 bridgehead atoms. The van der Waals surface area contributed by atoms with E-state index in [-0.39, 0.29) is 5.78 Å². The quantitative estimate of drug-likeness (QED) is 0.793. The molecule has 0 saturated heterocycles. The van der Waals surface area contributed by atoms with Gasteiger partial charge in [0.1, 0.15) is 5.75 Å². The van der Waals surface area contributed by atoms with Crippen LogP contribution in [0.4, 0.5) is 0 Å². The number of aryl methyl sites for hydroxylation is 3. The number of carbonyl (C=O) groups excluding carboxylic acids is 1. The van der Waals surface area contributed by atoms with Crippen molar-refractivity contribution in [2.75, 3.05) is 0 Å². The van der Waals surface area contributed by atoms with Crippen molar-refractivity contribution < 1.29 is 9.90 Å². The summed E-state index contributed by atoms with van der Waals surface area (Å²) >= 11 is 0. The highest BCUT2D eigenvalue weighted by Crippen LogP contribution is 2.28. The minimum atomic E-state index is 0.125. The van der Waals surface area contributed by atoms with E-state index in [1.54, 1.807) is 0 Å². The fourth-order valence-electron chi connectivity index (χ4n) is 2.93. The maximum Gasteiger partial charge on any atom is 0.189 e. The number of phenols is 1. The van der Waals surface area contributed by atoms with Crippen molar-refractivity contribution in [3.63, 3.8) is 0 Å². The van der Waals surface area contributed by atoms with E-state index in [1.165, 1.54) is 0 Å². The number of benzene rings is 2. The van der Waals surface area contributed by atoms with Gasteiger partial charge in [-0.05, 0) is 67.2 Å². The number of allylic oxidation sites excluding steroid dienone is 1. The number of hydrogen-bond donors (Lipinski definition) is 1. The average molecular weight is 278 g/mol. The molecule has 2 aromatic carbocycles. The second-order valence-electron chi connectivity index (χ2n) is 5.66. The first-order chi connectivity index (χ1) is 10.1. The Morgan fingerprint density at radius 3 is 2.43 bits per heavy atom. The molecule has 2 heteroatoms. The largest absolute Gasteiger partial charge is 0.507 e. The molecule has 0 radical (unpaired) electrons. The van der Waals surface area contributed by atoms with Crippen LogP contribution < -0.4 is 0 Å². The standard InChI is InChI=1S/C19H18O2/c1-12-9-14(10-13(2)18(12)20)11-16-8-7-15-5-3-4-6-17(15)19(16)21/h3-6,9-11,20H,7-8H2,1-2H3/b16-11+. The molecule has 0 atom stereocenters. The smallest absolute Gasteiger partial charge is 0.189 e. The summed E-state index contributed by atoms with van der Waals surface area (Å²) in [6, 6.07) is 11.7. The Labute approximate surface area is 124 Å². The van der Waals surface area contributed by atoms with Crippen LogP contribution in [0.3, 0.4) is 0 Å². The topological polar surface area (TPSA) is 37.3 Å². The molecule has 1 N–H and O–H groups in total. The van der Waals surface area contributed by atoms with Gasteiger partial charge < -0.3 is 5.11 Å². The first-order valence-electron chi connectivity index (χ1n) is 7.19. The highest BCUT2D eigenvalue weighted by molar-refractivity contribution is 6.13. The third-order valence-corrected chi connectivity index (χ3v) is 4.07. The summed E-state index contributed by atoms with van der Waals surface area (Å²) in [5, 5.41) is 9.83. The Morgan fingerprint density at radius 2 is 1.71 bits per heavy atom. The fourth-order valence-corrected chi connectivity index (χ4v) is 2.93. The molecule has 3 rings (SSSR count). The van der Waals surface area contributed by atoms with E-state index in [1.807, 2.05) is 56.3 Å². The molecule has 0 heterocycles. The molecule has 0 saturated carbocycles. The van der Waals surface area contributed by atoms with Gasteiger partial charge in [0.25, 0.3) is 0 Å². The molecule has 0 fully saturated rings. The molecule has 0 unspecified atom stereocenters. The van der Waals surface area contributed by atoms with Gasteiger partial charge in [-0.1, -0.05) is 24.3 Å². The first kappa shape index (κ1) is 13.6. The summed E-state index contributed by atoms with van der Waals surface area (Å²) in [7, 11) is 0. The Balaban J connectivity index is 2.00. The predicted octanol–water partition coefficient (Wildman–Crippen LogP) is 4.22. The number of Topliss-reactive ketones (excluding diaryl/α,β-unsaturated/α-hetero) is 1. The molecule has 106 valence electrons. The number of phenolic OH excluding ortho intramolecular Hbond substituents is 1. The van der Waals surface area contributed by atoms with Gasteiger partial charge in [0.2, 0.25) is 0 Å². The highest BCUT2D eigenvalue weighted by atomic mass is 16.3. The predicted molar refractivity (Wildman–Crippen MR) is 84.7 cm³/mol. The van der Waals surface area contributed by atoms with Gasteiger partial charge in [0.15, 0.2) is 5.78 Å². The monoisotopic (exact) mass is 278 g/mol. The first-order valence-corrected chi connectivity index (χ1v) is 7.19. The second-order valence-corrected chi connectivity index (χ2v) is 5.66. The lowest BCUT2D eigenvalue weighted by molar-refractivity contribution is 0.102. The Bertz CT molecular complexity index is 731. The van der Waals surface area contributed by atoms with Crippen LogP contribution in [0, 0.1) is 13.8 Å². The van der Waals surface area contributed by atoms with Gasteiger partial charge in [-0.2, -0.15) is 0 Å². The van der Waals surface area contributed by atoms with E-state index in [0.717, 1.165) is 46.2 Å². The maximum atomic E-state index is 12.5. The molecular formula is C19H18O2. The summed E-state index contributed by atoms with van der Waals surface area (Å²) in [5.74, 6) is 0.456. The summed E-state index contributed by atoms with van der Waals surface area (Å²) in [6.07, 6.45) is 3.64. The van der Waals surface area contributed by atoms with Crippen molar-refractivity contribution in [2.24, 2.45) is 0 Å². The molecule has 0 aromatic heterocycles.